The van der Waals surface area contributed by atoms with Crippen LogP contribution in [0, 0.1) is 0 Å². The van der Waals surface area contributed by atoms with Gasteiger partial charge < -0.3 is 10.1 Å². The second-order valence-electron chi connectivity index (χ2n) is 4.35. The molecule has 0 saturated carbocycles. The number of hydrogen-bond acceptors (Lipinski definition) is 6. The highest BCUT2D eigenvalue weighted by molar-refractivity contribution is 8.00. The first kappa shape index (κ1) is 16.0. The van der Waals surface area contributed by atoms with Gasteiger partial charge in [0.1, 0.15) is 11.9 Å². The minimum Gasteiger partial charge on any atom is -0.494 e. The molecule has 8 heteroatoms. The highest BCUT2D eigenvalue weighted by Gasteiger charge is 2.16. The number of hydrogen-bond donors (Lipinski definition) is 2. The summed E-state index contributed by atoms with van der Waals surface area (Å²) in [5.41, 5.74) is 0.324. The molecule has 1 unspecified atom stereocenters. The van der Waals surface area contributed by atoms with Gasteiger partial charge in [-0.3, -0.25) is 14.6 Å². The van der Waals surface area contributed by atoms with Crippen LogP contribution < -0.4 is 15.6 Å². The number of rotatable bonds is 6. The van der Waals surface area contributed by atoms with Crippen molar-refractivity contribution in [2.24, 2.45) is 0 Å². The van der Waals surface area contributed by atoms with Gasteiger partial charge in [0.2, 0.25) is 5.91 Å². The second kappa shape index (κ2) is 7.60. The lowest BCUT2D eigenvalue weighted by molar-refractivity contribution is -0.115. The molecule has 0 aliphatic heterocycles. The number of aromatic amines is 1. The van der Waals surface area contributed by atoms with E-state index in [1.807, 2.05) is 6.92 Å². The van der Waals surface area contributed by atoms with Crippen LogP contribution in [-0.4, -0.2) is 32.9 Å². The summed E-state index contributed by atoms with van der Waals surface area (Å²) in [5.74, 6) is 0.556. The normalized spacial score (nSPS) is 11.7. The number of carbonyl (C=O) groups is 1. The quantitative estimate of drug-likeness (QED) is 0.786. The Kier molecular flexibility index (Phi) is 5.54. The number of carbonyl (C=O) groups excluding carboxylic acids is 1. The van der Waals surface area contributed by atoms with Gasteiger partial charge in [-0.15, -0.1) is 5.10 Å². The molecule has 1 heterocycles. The summed E-state index contributed by atoms with van der Waals surface area (Å²) >= 11 is 1.13. The van der Waals surface area contributed by atoms with Crippen molar-refractivity contribution >= 4 is 23.4 Å². The summed E-state index contributed by atoms with van der Waals surface area (Å²) in [5, 5.41) is 9.98. The third kappa shape index (κ3) is 4.59. The summed E-state index contributed by atoms with van der Waals surface area (Å²) < 4.78 is 5.34. The highest BCUT2D eigenvalue weighted by Crippen LogP contribution is 2.20. The van der Waals surface area contributed by atoms with E-state index in [4.69, 9.17) is 4.74 Å². The van der Waals surface area contributed by atoms with Gasteiger partial charge in [-0.1, -0.05) is 11.8 Å². The predicted molar refractivity (Wildman–Crippen MR) is 84.2 cm³/mol. The Balaban J connectivity index is 1.94. The van der Waals surface area contributed by atoms with Crippen molar-refractivity contribution in [2.45, 2.75) is 24.3 Å². The average molecular weight is 320 g/mol. The Bertz CT molecular complexity index is 687. The van der Waals surface area contributed by atoms with Crippen LogP contribution in [0.2, 0.25) is 0 Å². The largest absolute Gasteiger partial charge is 0.494 e. The number of amides is 1. The zero-order chi connectivity index (χ0) is 15.9. The number of aromatic nitrogens is 3. The van der Waals surface area contributed by atoms with Crippen molar-refractivity contribution in [3.63, 3.8) is 0 Å². The first-order valence-corrected chi connectivity index (χ1v) is 7.59. The van der Waals surface area contributed by atoms with E-state index >= 15 is 0 Å². The Morgan fingerprint density at radius 2 is 2.14 bits per heavy atom. The van der Waals surface area contributed by atoms with Crippen LogP contribution in [0.1, 0.15) is 13.8 Å². The minimum atomic E-state index is -0.432. The third-order valence-electron chi connectivity index (χ3n) is 2.64. The number of nitrogens with zero attached hydrogens (tertiary/aromatic N) is 2. The van der Waals surface area contributed by atoms with Gasteiger partial charge in [0.05, 0.1) is 11.9 Å². The van der Waals surface area contributed by atoms with E-state index in [9.17, 15) is 9.59 Å². The number of nitrogens with one attached hydrogen (secondary N) is 2. The predicted octanol–water partition coefficient (Wildman–Crippen LogP) is 1.68. The molecular formula is C14H16N4O3S. The fourth-order valence-electron chi connectivity index (χ4n) is 1.62. The molecule has 0 aliphatic carbocycles. The van der Waals surface area contributed by atoms with Crippen LogP contribution in [0.3, 0.4) is 0 Å². The second-order valence-corrected chi connectivity index (χ2v) is 5.68. The van der Waals surface area contributed by atoms with Crippen LogP contribution in [0.25, 0.3) is 0 Å². The number of ether oxygens (including phenoxy) is 1. The summed E-state index contributed by atoms with van der Waals surface area (Å²) in [4.78, 5) is 25.8. The molecular weight excluding hydrogens is 304 g/mol. The van der Waals surface area contributed by atoms with Gasteiger partial charge in [0, 0.05) is 5.69 Å². The van der Waals surface area contributed by atoms with Crippen molar-refractivity contribution in [1.29, 1.82) is 0 Å². The molecule has 0 radical (unpaired) electrons. The standard InChI is InChI=1S/C14H16N4O3S/c1-3-21-11-6-4-10(5-7-11)16-13(20)9(2)22-14-17-12(19)8-15-18-14/h4-9H,3H2,1-2H3,(H,16,20)(H,17,18,19). The fourth-order valence-corrected chi connectivity index (χ4v) is 2.37. The van der Waals surface area contributed by atoms with Gasteiger partial charge >= 0.3 is 0 Å². The minimum absolute atomic E-state index is 0.194. The molecule has 0 bridgehead atoms. The number of thioether (sulfide) groups is 1. The Morgan fingerprint density at radius 1 is 1.41 bits per heavy atom. The molecule has 0 aliphatic rings. The maximum Gasteiger partial charge on any atom is 0.270 e. The van der Waals surface area contributed by atoms with E-state index in [0.29, 0.717) is 17.5 Å². The molecule has 1 atom stereocenters. The van der Waals surface area contributed by atoms with Gasteiger partial charge in [0.15, 0.2) is 5.16 Å². The van der Waals surface area contributed by atoms with Crippen LogP contribution in [0.4, 0.5) is 5.69 Å². The van der Waals surface area contributed by atoms with Crippen molar-refractivity contribution in [3.8, 4) is 5.75 Å². The molecule has 1 aromatic heterocycles. The molecule has 0 spiro atoms. The van der Waals surface area contributed by atoms with Crippen molar-refractivity contribution in [1.82, 2.24) is 15.2 Å². The Morgan fingerprint density at radius 3 is 2.77 bits per heavy atom. The van der Waals surface area contributed by atoms with Gasteiger partial charge in [-0.05, 0) is 38.1 Å². The smallest absolute Gasteiger partial charge is 0.270 e. The maximum atomic E-state index is 12.1. The highest BCUT2D eigenvalue weighted by atomic mass is 32.2. The molecule has 1 amide bonds. The van der Waals surface area contributed by atoms with Crippen LogP contribution >= 0.6 is 11.8 Å². The van der Waals surface area contributed by atoms with Crippen LogP contribution in [0.5, 0.6) is 5.75 Å². The van der Waals surface area contributed by atoms with Gasteiger partial charge in [-0.25, -0.2) is 0 Å². The Labute approximate surface area is 131 Å². The lowest BCUT2D eigenvalue weighted by atomic mass is 10.3. The van der Waals surface area contributed by atoms with Crippen molar-refractivity contribution in [2.75, 3.05) is 11.9 Å². The van der Waals surface area contributed by atoms with E-state index < -0.39 is 5.25 Å². The van der Waals surface area contributed by atoms with E-state index in [2.05, 4.69) is 20.5 Å². The maximum absolute atomic E-state index is 12.1. The molecule has 0 fully saturated rings. The summed E-state index contributed by atoms with van der Waals surface area (Å²) in [6, 6.07) is 7.11. The lowest BCUT2D eigenvalue weighted by Crippen LogP contribution is -2.23. The van der Waals surface area contributed by atoms with Gasteiger partial charge in [0.25, 0.3) is 5.56 Å². The monoisotopic (exact) mass is 320 g/mol. The third-order valence-corrected chi connectivity index (χ3v) is 3.62. The van der Waals surface area contributed by atoms with Crippen molar-refractivity contribution in [3.05, 3.63) is 40.8 Å². The molecule has 22 heavy (non-hydrogen) atoms. The zero-order valence-electron chi connectivity index (χ0n) is 12.2. The van der Waals surface area contributed by atoms with Crippen molar-refractivity contribution < 1.29 is 9.53 Å². The average Bonchev–Trinajstić information content (AvgIpc) is 2.49. The van der Waals surface area contributed by atoms with Crippen LogP contribution in [0.15, 0.2) is 40.4 Å². The summed E-state index contributed by atoms with van der Waals surface area (Å²) in [6.07, 6.45) is 1.08. The Hall–Kier alpha value is -2.35. The van der Waals surface area contributed by atoms with E-state index in [0.717, 1.165) is 23.7 Å². The van der Waals surface area contributed by atoms with Gasteiger partial charge in [-0.2, -0.15) is 5.10 Å². The first-order valence-electron chi connectivity index (χ1n) is 6.71. The summed E-state index contributed by atoms with van der Waals surface area (Å²) in [6.45, 7) is 4.22. The molecule has 7 nitrogen and oxygen atoms in total. The lowest BCUT2D eigenvalue weighted by Gasteiger charge is -2.11. The van der Waals surface area contributed by atoms with Crippen LogP contribution in [-0.2, 0) is 4.79 Å². The van der Waals surface area contributed by atoms with E-state index in [1.165, 1.54) is 0 Å². The molecule has 2 rings (SSSR count). The first-order chi connectivity index (χ1) is 10.6. The van der Waals surface area contributed by atoms with E-state index in [-0.39, 0.29) is 11.5 Å². The molecule has 116 valence electrons. The molecule has 1 aromatic carbocycles. The molecule has 0 saturated heterocycles. The molecule has 2 aromatic rings. The number of H-pyrrole nitrogens is 1. The number of anilines is 1. The SMILES string of the molecule is CCOc1ccc(NC(=O)C(C)Sc2nncc(=O)[nH]2)cc1. The fraction of sp³-hybridized carbons (Fsp3) is 0.286. The zero-order valence-corrected chi connectivity index (χ0v) is 13.0. The van der Waals surface area contributed by atoms with E-state index in [1.54, 1.807) is 31.2 Å². The topological polar surface area (TPSA) is 97.0 Å². The number of benzene rings is 1. The summed E-state index contributed by atoms with van der Waals surface area (Å²) in [7, 11) is 0. The molecule has 2 N–H and O–H groups in total.